The summed E-state index contributed by atoms with van der Waals surface area (Å²) in [4.78, 5) is 16.6. The normalized spacial score (nSPS) is 10.4. The summed E-state index contributed by atoms with van der Waals surface area (Å²) < 4.78 is 5.69. The molecular formula is C19H18N2O2S. The minimum Gasteiger partial charge on any atom is -0.487 e. The third kappa shape index (κ3) is 4.20. The first kappa shape index (κ1) is 16.2. The summed E-state index contributed by atoms with van der Waals surface area (Å²) in [5, 5.41) is 4.87. The van der Waals surface area contributed by atoms with Crippen LogP contribution in [0.3, 0.4) is 0 Å². The molecule has 0 radical (unpaired) electrons. The van der Waals surface area contributed by atoms with Crippen molar-refractivity contribution in [2.75, 3.05) is 5.32 Å². The zero-order valence-corrected chi connectivity index (χ0v) is 14.4. The number of benzene rings is 2. The first-order valence-electron chi connectivity index (χ1n) is 7.60. The van der Waals surface area contributed by atoms with Crippen molar-refractivity contribution in [3.8, 4) is 5.75 Å². The first-order chi connectivity index (χ1) is 11.6. The Kier molecular flexibility index (Phi) is 4.91. The molecule has 122 valence electrons. The summed E-state index contributed by atoms with van der Waals surface area (Å²) in [6, 6.07) is 13.1. The number of hydrogen-bond donors (Lipinski definition) is 1. The molecule has 4 nitrogen and oxygen atoms in total. The Hall–Kier alpha value is -2.66. The molecule has 5 heteroatoms. The topological polar surface area (TPSA) is 51.2 Å². The number of amides is 1. The van der Waals surface area contributed by atoms with Crippen LogP contribution in [0.15, 0.2) is 53.4 Å². The number of nitrogens with one attached hydrogen (secondary N) is 1. The van der Waals surface area contributed by atoms with Crippen LogP contribution in [0.25, 0.3) is 0 Å². The molecule has 0 aliphatic rings. The van der Waals surface area contributed by atoms with Crippen molar-refractivity contribution in [1.29, 1.82) is 0 Å². The van der Waals surface area contributed by atoms with Gasteiger partial charge in [0.25, 0.3) is 5.91 Å². The number of hydrogen-bond acceptors (Lipinski definition) is 4. The fourth-order valence-corrected chi connectivity index (χ4v) is 2.99. The van der Waals surface area contributed by atoms with Gasteiger partial charge in [-0.1, -0.05) is 12.1 Å². The summed E-state index contributed by atoms with van der Waals surface area (Å²) >= 11 is 1.53. The molecule has 3 aromatic rings. The third-order valence-electron chi connectivity index (χ3n) is 3.45. The Bertz CT molecular complexity index is 824. The van der Waals surface area contributed by atoms with Gasteiger partial charge in [-0.25, -0.2) is 4.98 Å². The number of aryl methyl sites for hydroxylation is 2. The number of anilines is 1. The molecule has 0 atom stereocenters. The van der Waals surface area contributed by atoms with E-state index in [1.54, 1.807) is 17.6 Å². The molecule has 0 aliphatic carbocycles. The molecule has 0 fully saturated rings. The number of thiazole rings is 1. The Morgan fingerprint density at radius 1 is 1.17 bits per heavy atom. The van der Waals surface area contributed by atoms with E-state index < -0.39 is 0 Å². The van der Waals surface area contributed by atoms with Crippen molar-refractivity contribution in [3.63, 3.8) is 0 Å². The van der Waals surface area contributed by atoms with Crippen LogP contribution in [-0.4, -0.2) is 10.9 Å². The highest BCUT2D eigenvalue weighted by Crippen LogP contribution is 2.18. The fourth-order valence-electron chi connectivity index (χ4n) is 2.44. The maximum Gasteiger partial charge on any atom is 0.255 e. The molecule has 0 spiro atoms. The minimum atomic E-state index is -0.154. The van der Waals surface area contributed by atoms with Gasteiger partial charge in [0.05, 0.1) is 11.2 Å². The van der Waals surface area contributed by atoms with Gasteiger partial charge in [0.1, 0.15) is 12.4 Å². The SMILES string of the molecule is Cc1cc(C)cc(NC(=O)c2cccc(OCc3cscn3)c2)c1. The molecule has 1 aromatic heterocycles. The van der Waals surface area contributed by atoms with Crippen molar-refractivity contribution in [1.82, 2.24) is 4.98 Å². The molecule has 1 N–H and O–H groups in total. The van der Waals surface area contributed by atoms with Gasteiger partial charge < -0.3 is 10.1 Å². The van der Waals surface area contributed by atoms with Crippen molar-refractivity contribution in [2.24, 2.45) is 0 Å². The fraction of sp³-hybridized carbons (Fsp3) is 0.158. The summed E-state index contributed by atoms with van der Waals surface area (Å²) in [6.07, 6.45) is 0. The standard InChI is InChI=1S/C19H18N2O2S/c1-13-6-14(2)8-16(7-13)21-19(22)15-4-3-5-18(9-15)23-10-17-11-24-12-20-17/h3-9,11-12H,10H2,1-2H3,(H,21,22). The van der Waals surface area contributed by atoms with Gasteiger partial charge in [-0.3, -0.25) is 4.79 Å². The maximum atomic E-state index is 12.4. The summed E-state index contributed by atoms with van der Waals surface area (Å²) in [6.45, 7) is 4.41. The van der Waals surface area contributed by atoms with Crippen LogP contribution in [0.4, 0.5) is 5.69 Å². The molecule has 3 rings (SSSR count). The Labute approximate surface area is 145 Å². The van der Waals surface area contributed by atoms with E-state index in [2.05, 4.69) is 16.4 Å². The lowest BCUT2D eigenvalue weighted by Gasteiger charge is -2.09. The second kappa shape index (κ2) is 7.27. The molecule has 1 amide bonds. The van der Waals surface area contributed by atoms with E-state index in [4.69, 9.17) is 4.74 Å². The molecule has 0 aliphatic heterocycles. The Balaban J connectivity index is 1.69. The third-order valence-corrected chi connectivity index (χ3v) is 4.08. The number of ether oxygens (including phenoxy) is 1. The van der Waals surface area contributed by atoms with Gasteiger partial charge >= 0.3 is 0 Å². The Morgan fingerprint density at radius 3 is 2.67 bits per heavy atom. The lowest BCUT2D eigenvalue weighted by Crippen LogP contribution is -2.12. The van der Waals surface area contributed by atoms with Crippen molar-refractivity contribution in [3.05, 3.63) is 75.7 Å². The average Bonchev–Trinajstić information content (AvgIpc) is 3.05. The molecule has 0 unspecified atom stereocenters. The van der Waals surface area contributed by atoms with Crippen LogP contribution in [0, 0.1) is 13.8 Å². The second-order valence-electron chi connectivity index (χ2n) is 5.63. The molecule has 1 heterocycles. The van der Waals surface area contributed by atoms with E-state index in [1.165, 1.54) is 11.3 Å². The quantitative estimate of drug-likeness (QED) is 0.740. The lowest BCUT2D eigenvalue weighted by molar-refractivity contribution is 0.102. The largest absolute Gasteiger partial charge is 0.487 e. The number of carbonyl (C=O) groups is 1. The molecule has 24 heavy (non-hydrogen) atoms. The van der Waals surface area contributed by atoms with Gasteiger partial charge in [-0.15, -0.1) is 11.3 Å². The van der Waals surface area contributed by atoms with Crippen LogP contribution in [0.2, 0.25) is 0 Å². The first-order valence-corrected chi connectivity index (χ1v) is 8.54. The van der Waals surface area contributed by atoms with Crippen molar-refractivity contribution < 1.29 is 9.53 Å². The maximum absolute atomic E-state index is 12.4. The van der Waals surface area contributed by atoms with E-state index in [0.717, 1.165) is 22.5 Å². The van der Waals surface area contributed by atoms with Crippen LogP contribution in [-0.2, 0) is 6.61 Å². The second-order valence-corrected chi connectivity index (χ2v) is 6.35. The zero-order chi connectivity index (χ0) is 16.9. The van der Waals surface area contributed by atoms with Gasteiger partial charge in [0, 0.05) is 16.6 Å². The molecule has 2 aromatic carbocycles. The monoisotopic (exact) mass is 338 g/mol. The van der Waals surface area contributed by atoms with Crippen LogP contribution in [0.1, 0.15) is 27.2 Å². The predicted octanol–water partition coefficient (Wildman–Crippen LogP) is 4.59. The highest BCUT2D eigenvalue weighted by atomic mass is 32.1. The summed E-state index contributed by atoms with van der Waals surface area (Å²) in [5.74, 6) is 0.496. The number of aromatic nitrogens is 1. The minimum absolute atomic E-state index is 0.154. The van der Waals surface area contributed by atoms with Gasteiger partial charge in [0.2, 0.25) is 0 Å². The van der Waals surface area contributed by atoms with Crippen LogP contribution >= 0.6 is 11.3 Å². The molecule has 0 saturated heterocycles. The average molecular weight is 338 g/mol. The van der Waals surface area contributed by atoms with E-state index in [1.807, 2.05) is 43.5 Å². The molecule has 0 bridgehead atoms. The van der Waals surface area contributed by atoms with E-state index in [-0.39, 0.29) is 5.91 Å². The van der Waals surface area contributed by atoms with E-state index in [0.29, 0.717) is 17.9 Å². The molecular weight excluding hydrogens is 320 g/mol. The van der Waals surface area contributed by atoms with Crippen molar-refractivity contribution >= 4 is 22.9 Å². The van der Waals surface area contributed by atoms with Gasteiger partial charge in [-0.2, -0.15) is 0 Å². The molecule has 0 saturated carbocycles. The lowest BCUT2D eigenvalue weighted by atomic mass is 10.1. The zero-order valence-electron chi connectivity index (χ0n) is 13.6. The van der Waals surface area contributed by atoms with E-state index in [9.17, 15) is 4.79 Å². The van der Waals surface area contributed by atoms with E-state index >= 15 is 0 Å². The highest BCUT2D eigenvalue weighted by Gasteiger charge is 2.08. The van der Waals surface area contributed by atoms with Crippen LogP contribution in [0.5, 0.6) is 5.75 Å². The smallest absolute Gasteiger partial charge is 0.255 e. The van der Waals surface area contributed by atoms with Gasteiger partial charge in [-0.05, 0) is 55.3 Å². The number of nitrogens with zero attached hydrogens (tertiary/aromatic N) is 1. The Morgan fingerprint density at radius 2 is 1.96 bits per heavy atom. The van der Waals surface area contributed by atoms with Crippen molar-refractivity contribution in [2.45, 2.75) is 20.5 Å². The number of rotatable bonds is 5. The number of carbonyl (C=O) groups excluding carboxylic acids is 1. The summed E-state index contributed by atoms with van der Waals surface area (Å²) in [7, 11) is 0. The summed E-state index contributed by atoms with van der Waals surface area (Å²) in [5.41, 5.74) is 6.24. The van der Waals surface area contributed by atoms with Gasteiger partial charge in [0.15, 0.2) is 0 Å². The van der Waals surface area contributed by atoms with Crippen LogP contribution < -0.4 is 10.1 Å². The predicted molar refractivity (Wildman–Crippen MR) is 96.8 cm³/mol. The highest BCUT2D eigenvalue weighted by molar-refractivity contribution is 7.07.